The number of nitrogens with one attached hydrogen (secondary N) is 1. The van der Waals surface area contributed by atoms with Crippen LogP contribution in [0.25, 0.3) is 0 Å². The number of ether oxygens (including phenoxy) is 4. The summed E-state index contributed by atoms with van der Waals surface area (Å²) in [5.41, 5.74) is 4.52. The quantitative estimate of drug-likeness (QED) is 0.179. The first-order chi connectivity index (χ1) is 25.6. The second kappa shape index (κ2) is 16.1. The number of likely N-dealkylation sites (N-methyl/N-ethyl adjacent to an activating group) is 1. The van der Waals surface area contributed by atoms with Crippen LogP contribution in [0.2, 0.25) is 5.02 Å². The normalized spacial score (nSPS) is 26.8. The van der Waals surface area contributed by atoms with Crippen molar-refractivity contribution >= 4 is 23.3 Å². The van der Waals surface area contributed by atoms with E-state index in [4.69, 9.17) is 30.5 Å². The van der Waals surface area contributed by atoms with Crippen molar-refractivity contribution in [2.45, 2.75) is 88.5 Å². The third-order valence-corrected chi connectivity index (χ3v) is 12.8. The largest absolute Gasteiger partial charge is 0.493 e. The van der Waals surface area contributed by atoms with Crippen molar-refractivity contribution in [3.05, 3.63) is 76.1 Å². The maximum atomic E-state index is 13.1. The summed E-state index contributed by atoms with van der Waals surface area (Å²) in [6, 6.07) is 13.9. The van der Waals surface area contributed by atoms with Crippen molar-refractivity contribution in [2.75, 3.05) is 59.0 Å². The summed E-state index contributed by atoms with van der Waals surface area (Å²) >= 11 is 6.31. The molecule has 286 valence electrons. The zero-order chi connectivity index (χ0) is 37.2. The lowest BCUT2D eigenvalue weighted by Crippen LogP contribution is -2.53. The molecule has 1 aliphatic heterocycles. The van der Waals surface area contributed by atoms with Gasteiger partial charge in [-0.2, -0.15) is 0 Å². The maximum Gasteiger partial charge on any atom is 0.329 e. The molecule has 4 atom stereocenters. The van der Waals surface area contributed by atoms with Crippen LogP contribution in [-0.2, 0) is 27.8 Å². The molecule has 0 radical (unpaired) electrons. The molecule has 10 heteroatoms. The minimum atomic E-state index is -1.08. The van der Waals surface area contributed by atoms with Gasteiger partial charge in [-0.05, 0) is 136 Å². The van der Waals surface area contributed by atoms with Crippen molar-refractivity contribution in [3.63, 3.8) is 0 Å². The van der Waals surface area contributed by atoms with Crippen LogP contribution in [0.4, 0.5) is 5.69 Å². The first-order valence-electron chi connectivity index (χ1n) is 19.6. The Kier molecular flexibility index (Phi) is 11.4. The van der Waals surface area contributed by atoms with Crippen LogP contribution in [0.15, 0.2) is 48.7 Å². The van der Waals surface area contributed by atoms with Crippen LogP contribution < -0.4 is 19.5 Å². The molecule has 1 spiro atoms. The fourth-order valence-electron chi connectivity index (χ4n) is 9.69. The lowest BCUT2D eigenvalue weighted by molar-refractivity contribution is -0.144. The van der Waals surface area contributed by atoms with Crippen LogP contribution in [0.3, 0.4) is 0 Å². The standard InChI is InChI=1S/C43H56ClN3O6/c1-28(25-51-37-11-16-45-36-10-5-7-29(2)40(36)37)19-32-20-31-21-38-39(53-27-30(26-52-38)24-47(3)17-18-50-4)23-35(31)42(32)12-14-43(15-13-42,41(48)49)46-34-9-6-8-33(44)22-34/h6,8-9,11,16,21-23,28-30,32,46H,5,7,10,12-15,17-20,24-27H2,1-4H3,(H,48,49)/t28-,29-,30?,32+,42?,43?/m1/s1. The van der Waals surface area contributed by atoms with Gasteiger partial charge >= 0.3 is 5.97 Å². The number of nitrogens with zero attached hydrogens (tertiary/aromatic N) is 2. The highest BCUT2D eigenvalue weighted by atomic mass is 35.5. The van der Waals surface area contributed by atoms with E-state index in [1.807, 2.05) is 36.5 Å². The summed E-state index contributed by atoms with van der Waals surface area (Å²) < 4.78 is 24.9. The van der Waals surface area contributed by atoms with Crippen molar-refractivity contribution < 1.29 is 28.8 Å². The Morgan fingerprint density at radius 1 is 1.13 bits per heavy atom. The van der Waals surface area contributed by atoms with Gasteiger partial charge in [0.15, 0.2) is 11.5 Å². The Hall–Kier alpha value is -3.53. The molecular formula is C43H56ClN3O6. The summed E-state index contributed by atoms with van der Waals surface area (Å²) in [6.07, 6.45) is 9.65. The Bertz CT molecular complexity index is 1760. The second-order valence-corrected chi connectivity index (χ2v) is 16.8. The number of hydrogen-bond donors (Lipinski definition) is 2. The number of carboxylic acids is 1. The number of pyridine rings is 1. The second-order valence-electron chi connectivity index (χ2n) is 16.4. The van der Waals surface area contributed by atoms with Gasteiger partial charge in [-0.3, -0.25) is 4.98 Å². The van der Waals surface area contributed by atoms with Crippen molar-refractivity contribution in [3.8, 4) is 17.2 Å². The van der Waals surface area contributed by atoms with Gasteiger partial charge in [-0.15, -0.1) is 0 Å². The van der Waals surface area contributed by atoms with E-state index in [0.29, 0.717) is 62.0 Å². The number of carbonyl (C=O) groups is 1. The summed E-state index contributed by atoms with van der Waals surface area (Å²) in [5, 5.41) is 14.7. The number of carboxylic acid groups (broad SMARTS) is 1. The molecule has 4 aliphatic rings. The number of aliphatic carboxylic acids is 1. The van der Waals surface area contributed by atoms with Crippen molar-refractivity contribution in [2.24, 2.45) is 17.8 Å². The number of hydrogen-bond acceptors (Lipinski definition) is 8. The molecule has 2 N–H and O–H groups in total. The van der Waals surface area contributed by atoms with E-state index in [2.05, 4.69) is 48.2 Å². The van der Waals surface area contributed by atoms with E-state index in [-0.39, 0.29) is 11.3 Å². The zero-order valence-corrected chi connectivity index (χ0v) is 32.6. The predicted octanol–water partition coefficient (Wildman–Crippen LogP) is 8.17. The van der Waals surface area contributed by atoms with Gasteiger partial charge in [0.2, 0.25) is 0 Å². The lowest BCUT2D eigenvalue weighted by Gasteiger charge is -2.47. The number of aryl methyl sites for hydroxylation is 1. The Labute approximate surface area is 319 Å². The molecule has 7 rings (SSSR count). The topological polar surface area (TPSA) is 102 Å². The number of benzene rings is 2. The molecule has 53 heavy (non-hydrogen) atoms. The number of fused-ring (bicyclic) bond motifs is 4. The summed E-state index contributed by atoms with van der Waals surface area (Å²) in [5.74, 6) is 3.08. The zero-order valence-electron chi connectivity index (χ0n) is 31.8. The highest BCUT2D eigenvalue weighted by Crippen LogP contribution is 2.58. The molecule has 0 amide bonds. The summed E-state index contributed by atoms with van der Waals surface area (Å²) in [4.78, 5) is 20.0. The molecule has 1 saturated carbocycles. The Balaban J connectivity index is 1.13. The van der Waals surface area contributed by atoms with E-state index < -0.39 is 11.5 Å². The molecule has 1 aromatic heterocycles. The van der Waals surface area contributed by atoms with Crippen molar-refractivity contribution in [1.82, 2.24) is 9.88 Å². The van der Waals surface area contributed by atoms with Gasteiger partial charge < -0.3 is 34.3 Å². The fourth-order valence-corrected chi connectivity index (χ4v) is 9.88. The fraction of sp³-hybridized carbons (Fsp3) is 0.581. The van der Waals surface area contributed by atoms with Crippen LogP contribution >= 0.6 is 11.6 Å². The highest BCUT2D eigenvalue weighted by Gasteiger charge is 2.54. The van der Waals surface area contributed by atoms with E-state index in [1.165, 1.54) is 35.2 Å². The van der Waals surface area contributed by atoms with Gasteiger partial charge in [0.05, 0.1) is 26.4 Å². The summed E-state index contributed by atoms with van der Waals surface area (Å²) in [7, 11) is 3.83. The van der Waals surface area contributed by atoms with E-state index in [1.54, 1.807) is 7.11 Å². The molecule has 1 unspecified atom stereocenters. The van der Waals surface area contributed by atoms with Gasteiger partial charge in [0.25, 0.3) is 0 Å². The maximum absolute atomic E-state index is 13.1. The SMILES string of the molecule is COCCN(C)CC1COc2cc3c(cc2OC1)C1(CCC(Nc2cccc(Cl)c2)(C(=O)O)CC1)[C@@H](C[C@@H](C)COc1ccnc2c1[C@H](C)CCC2)C3. The monoisotopic (exact) mass is 745 g/mol. The van der Waals surface area contributed by atoms with Crippen LogP contribution in [-0.4, -0.2) is 80.2 Å². The van der Waals surface area contributed by atoms with E-state index in [0.717, 1.165) is 68.1 Å². The van der Waals surface area contributed by atoms with Gasteiger partial charge in [-0.25, -0.2) is 4.79 Å². The third-order valence-electron chi connectivity index (χ3n) is 12.5. The number of anilines is 1. The molecular weight excluding hydrogens is 690 g/mol. The van der Waals surface area contributed by atoms with Crippen LogP contribution in [0.1, 0.15) is 87.1 Å². The minimum absolute atomic E-state index is 0.187. The molecule has 0 saturated heterocycles. The molecule has 1 fully saturated rings. The van der Waals surface area contributed by atoms with Gasteiger partial charge in [0.1, 0.15) is 11.3 Å². The summed E-state index contributed by atoms with van der Waals surface area (Å²) in [6.45, 7) is 8.80. The first-order valence-corrected chi connectivity index (χ1v) is 19.9. The van der Waals surface area contributed by atoms with Gasteiger partial charge in [0, 0.05) is 54.3 Å². The Morgan fingerprint density at radius 3 is 2.64 bits per heavy atom. The average molecular weight is 746 g/mol. The third kappa shape index (κ3) is 7.99. The Morgan fingerprint density at radius 2 is 1.91 bits per heavy atom. The average Bonchev–Trinajstić information content (AvgIpc) is 3.27. The van der Waals surface area contributed by atoms with E-state index in [9.17, 15) is 9.90 Å². The lowest BCUT2D eigenvalue weighted by atomic mass is 9.59. The smallest absolute Gasteiger partial charge is 0.329 e. The molecule has 2 aromatic carbocycles. The van der Waals surface area contributed by atoms with Crippen LogP contribution in [0, 0.1) is 17.8 Å². The first kappa shape index (κ1) is 37.8. The molecule has 9 nitrogen and oxygen atoms in total. The number of rotatable bonds is 13. The number of aromatic nitrogens is 1. The van der Waals surface area contributed by atoms with E-state index >= 15 is 0 Å². The van der Waals surface area contributed by atoms with Gasteiger partial charge in [-0.1, -0.05) is 31.5 Å². The minimum Gasteiger partial charge on any atom is -0.493 e. The molecule has 3 aliphatic carbocycles. The predicted molar refractivity (Wildman–Crippen MR) is 208 cm³/mol. The number of methoxy groups -OCH3 is 1. The van der Waals surface area contributed by atoms with Crippen molar-refractivity contribution in [1.29, 1.82) is 0 Å². The molecule has 3 aromatic rings. The highest BCUT2D eigenvalue weighted by molar-refractivity contribution is 6.30. The molecule has 2 heterocycles. The van der Waals surface area contributed by atoms with Crippen LogP contribution in [0.5, 0.6) is 17.2 Å². The molecule has 0 bridgehead atoms. The number of halogens is 1.